The molecule has 152 valence electrons. The lowest BCUT2D eigenvalue weighted by Crippen LogP contribution is -2.19. The Hall–Kier alpha value is -2.13. The number of carbonyl (C=O) groups is 1. The zero-order chi connectivity index (χ0) is 20.2. The molecule has 1 unspecified atom stereocenters. The van der Waals surface area contributed by atoms with Gasteiger partial charge in [-0.3, -0.25) is 0 Å². The van der Waals surface area contributed by atoms with Gasteiger partial charge in [0.2, 0.25) is 0 Å². The molecule has 0 aliphatic carbocycles. The maximum atomic E-state index is 12.1. The van der Waals surface area contributed by atoms with Crippen molar-refractivity contribution in [2.45, 2.75) is 64.9 Å². The third kappa shape index (κ3) is 7.47. The van der Waals surface area contributed by atoms with Gasteiger partial charge in [0.05, 0.1) is 12.2 Å². The Morgan fingerprint density at radius 1 is 0.857 bits per heavy atom. The summed E-state index contributed by atoms with van der Waals surface area (Å²) in [7, 11) is 1.60. The number of unbranched alkanes of at least 4 members (excludes halogenated alkanes) is 5. The second-order valence-corrected chi connectivity index (χ2v) is 7.46. The van der Waals surface area contributed by atoms with Crippen molar-refractivity contribution >= 4 is 5.97 Å². The van der Waals surface area contributed by atoms with Crippen LogP contribution in [-0.4, -0.2) is 25.8 Å². The summed E-state index contributed by atoms with van der Waals surface area (Å²) in [4.78, 5) is 12.1. The van der Waals surface area contributed by atoms with E-state index in [1.165, 1.54) is 49.7 Å². The third-order valence-corrected chi connectivity index (χ3v) is 4.94. The summed E-state index contributed by atoms with van der Waals surface area (Å²) in [5, 5.41) is 0. The molecule has 0 N–H and O–H groups in total. The van der Waals surface area contributed by atoms with Crippen LogP contribution in [0.2, 0.25) is 0 Å². The maximum Gasteiger partial charge on any atom is 0.338 e. The Kier molecular flexibility index (Phi) is 9.78. The van der Waals surface area contributed by atoms with Crippen LogP contribution < -0.4 is 0 Å². The van der Waals surface area contributed by atoms with Gasteiger partial charge in [-0.05, 0) is 48.6 Å². The molecule has 3 nitrogen and oxygen atoms in total. The first-order chi connectivity index (χ1) is 13.6. The van der Waals surface area contributed by atoms with Crippen molar-refractivity contribution in [3.05, 3.63) is 59.7 Å². The zero-order valence-electron chi connectivity index (χ0n) is 17.6. The normalized spacial score (nSPS) is 12.0. The number of carbonyl (C=O) groups excluding carboxylic acids is 1. The quantitative estimate of drug-likeness (QED) is 0.313. The van der Waals surface area contributed by atoms with Crippen molar-refractivity contribution in [3.8, 4) is 11.1 Å². The fourth-order valence-electron chi connectivity index (χ4n) is 3.29. The molecular formula is C25H34O3. The van der Waals surface area contributed by atoms with Crippen molar-refractivity contribution in [2.24, 2.45) is 0 Å². The Morgan fingerprint density at radius 2 is 1.43 bits per heavy atom. The van der Waals surface area contributed by atoms with Gasteiger partial charge in [-0.15, -0.1) is 0 Å². The van der Waals surface area contributed by atoms with E-state index in [9.17, 15) is 4.79 Å². The Bertz CT molecular complexity index is 689. The Balaban J connectivity index is 1.85. The topological polar surface area (TPSA) is 35.5 Å². The number of hydrogen-bond donors (Lipinski definition) is 0. The summed E-state index contributed by atoms with van der Waals surface area (Å²) in [6.45, 7) is 4.47. The molecule has 3 heteroatoms. The minimum Gasteiger partial charge on any atom is -0.457 e. The van der Waals surface area contributed by atoms with E-state index < -0.39 is 0 Å². The van der Waals surface area contributed by atoms with E-state index in [1.54, 1.807) is 7.11 Å². The monoisotopic (exact) mass is 382 g/mol. The van der Waals surface area contributed by atoms with Crippen LogP contribution in [0.4, 0.5) is 0 Å². The minimum atomic E-state index is -0.314. The van der Waals surface area contributed by atoms with Gasteiger partial charge in [0, 0.05) is 7.11 Å². The van der Waals surface area contributed by atoms with Gasteiger partial charge in [0.25, 0.3) is 0 Å². The van der Waals surface area contributed by atoms with Gasteiger partial charge < -0.3 is 9.47 Å². The number of ether oxygens (including phenoxy) is 2. The standard InChI is InChI=1S/C25H34O3/c1-4-5-6-7-8-9-10-21-11-13-22(14-12-21)23-15-17-24(18-16-23)25(26)28-20(2)19-27-3/h11-18,20H,4-10,19H2,1-3H3. The first-order valence-corrected chi connectivity index (χ1v) is 10.5. The molecule has 0 fully saturated rings. The van der Waals surface area contributed by atoms with E-state index in [4.69, 9.17) is 9.47 Å². The van der Waals surface area contributed by atoms with E-state index in [1.807, 2.05) is 31.2 Å². The average Bonchev–Trinajstić information content (AvgIpc) is 2.71. The number of hydrogen-bond acceptors (Lipinski definition) is 3. The highest BCUT2D eigenvalue weighted by Crippen LogP contribution is 2.21. The van der Waals surface area contributed by atoms with Crippen molar-refractivity contribution < 1.29 is 14.3 Å². The van der Waals surface area contributed by atoms with Crippen LogP contribution in [0.15, 0.2) is 48.5 Å². The van der Waals surface area contributed by atoms with Crippen molar-refractivity contribution in [1.29, 1.82) is 0 Å². The fraction of sp³-hybridized carbons (Fsp3) is 0.480. The van der Waals surface area contributed by atoms with Crippen LogP contribution in [-0.2, 0) is 15.9 Å². The summed E-state index contributed by atoms with van der Waals surface area (Å²) in [5.41, 5.74) is 4.23. The predicted octanol–water partition coefficient (Wildman–Crippen LogP) is 6.45. The zero-order valence-corrected chi connectivity index (χ0v) is 17.6. The highest BCUT2D eigenvalue weighted by atomic mass is 16.6. The van der Waals surface area contributed by atoms with Gasteiger partial charge >= 0.3 is 5.97 Å². The molecule has 28 heavy (non-hydrogen) atoms. The molecule has 0 aliphatic rings. The lowest BCUT2D eigenvalue weighted by molar-refractivity contribution is 0.0120. The second kappa shape index (κ2) is 12.4. The Morgan fingerprint density at radius 3 is 2.04 bits per heavy atom. The van der Waals surface area contributed by atoms with E-state index in [0.29, 0.717) is 12.2 Å². The molecule has 0 heterocycles. The fourth-order valence-corrected chi connectivity index (χ4v) is 3.29. The molecule has 0 radical (unpaired) electrons. The molecule has 0 aliphatic heterocycles. The van der Waals surface area contributed by atoms with E-state index in [0.717, 1.165) is 12.0 Å². The molecule has 0 saturated carbocycles. The molecule has 0 spiro atoms. The highest BCUT2D eigenvalue weighted by molar-refractivity contribution is 5.90. The van der Waals surface area contributed by atoms with Crippen LogP contribution in [0.5, 0.6) is 0 Å². The second-order valence-electron chi connectivity index (χ2n) is 7.46. The molecule has 0 amide bonds. The molecule has 2 rings (SSSR count). The summed E-state index contributed by atoms with van der Waals surface area (Å²) in [5.74, 6) is -0.314. The van der Waals surface area contributed by atoms with Crippen molar-refractivity contribution in [1.82, 2.24) is 0 Å². The van der Waals surface area contributed by atoms with Gasteiger partial charge in [-0.25, -0.2) is 4.79 Å². The largest absolute Gasteiger partial charge is 0.457 e. The molecule has 0 aromatic heterocycles. The smallest absolute Gasteiger partial charge is 0.338 e. The van der Waals surface area contributed by atoms with Crippen LogP contribution in [0.25, 0.3) is 11.1 Å². The average molecular weight is 383 g/mol. The van der Waals surface area contributed by atoms with E-state index in [2.05, 4.69) is 31.2 Å². The summed E-state index contributed by atoms with van der Waals surface area (Å²) >= 11 is 0. The van der Waals surface area contributed by atoms with Crippen LogP contribution in [0.3, 0.4) is 0 Å². The number of methoxy groups -OCH3 is 1. The highest BCUT2D eigenvalue weighted by Gasteiger charge is 2.12. The number of rotatable bonds is 12. The van der Waals surface area contributed by atoms with E-state index in [-0.39, 0.29) is 12.1 Å². The SMILES string of the molecule is CCCCCCCCc1ccc(-c2ccc(C(=O)OC(C)COC)cc2)cc1. The third-order valence-electron chi connectivity index (χ3n) is 4.94. The van der Waals surface area contributed by atoms with Gasteiger partial charge in [0.1, 0.15) is 6.10 Å². The number of benzene rings is 2. The van der Waals surface area contributed by atoms with Gasteiger partial charge in [-0.1, -0.05) is 75.4 Å². The van der Waals surface area contributed by atoms with E-state index >= 15 is 0 Å². The van der Waals surface area contributed by atoms with Crippen molar-refractivity contribution in [2.75, 3.05) is 13.7 Å². The van der Waals surface area contributed by atoms with Gasteiger partial charge in [0.15, 0.2) is 0 Å². The van der Waals surface area contributed by atoms with Gasteiger partial charge in [-0.2, -0.15) is 0 Å². The lowest BCUT2D eigenvalue weighted by Gasteiger charge is -2.12. The van der Waals surface area contributed by atoms with Crippen LogP contribution in [0, 0.1) is 0 Å². The summed E-state index contributed by atoms with van der Waals surface area (Å²) in [6, 6.07) is 16.4. The molecule has 2 aromatic rings. The summed E-state index contributed by atoms with van der Waals surface area (Å²) < 4.78 is 10.3. The molecular weight excluding hydrogens is 348 g/mol. The van der Waals surface area contributed by atoms with Crippen molar-refractivity contribution in [3.63, 3.8) is 0 Å². The lowest BCUT2D eigenvalue weighted by atomic mass is 10.00. The predicted molar refractivity (Wildman–Crippen MR) is 116 cm³/mol. The Labute approximate surface area is 170 Å². The molecule has 0 saturated heterocycles. The number of esters is 1. The van der Waals surface area contributed by atoms with Crippen LogP contribution in [0.1, 0.15) is 68.3 Å². The molecule has 2 aromatic carbocycles. The maximum absolute atomic E-state index is 12.1. The molecule has 1 atom stereocenters. The molecule has 0 bridgehead atoms. The summed E-state index contributed by atoms with van der Waals surface area (Å²) in [6.07, 6.45) is 8.86. The van der Waals surface area contributed by atoms with Crippen LogP contribution >= 0.6 is 0 Å². The number of aryl methyl sites for hydroxylation is 1. The first kappa shape index (κ1) is 22.2. The first-order valence-electron chi connectivity index (χ1n) is 10.5. The minimum absolute atomic E-state index is 0.253.